The molecule has 4 nitrogen and oxygen atoms in total. The Labute approximate surface area is 87.9 Å². The van der Waals surface area contributed by atoms with Crippen LogP contribution < -0.4 is 5.73 Å². The predicted octanol–water partition coefficient (Wildman–Crippen LogP) is 1.28. The van der Waals surface area contributed by atoms with Gasteiger partial charge in [-0.15, -0.1) is 0 Å². The summed E-state index contributed by atoms with van der Waals surface area (Å²) in [6, 6.07) is 5.15. The van der Waals surface area contributed by atoms with Crippen molar-refractivity contribution >= 4 is 5.97 Å². The van der Waals surface area contributed by atoms with Crippen molar-refractivity contribution in [2.75, 3.05) is 0 Å². The van der Waals surface area contributed by atoms with Crippen LogP contribution in [0.3, 0.4) is 0 Å². The van der Waals surface area contributed by atoms with E-state index < -0.39 is 5.97 Å². The zero-order chi connectivity index (χ0) is 11.4. The van der Waals surface area contributed by atoms with Gasteiger partial charge < -0.3 is 10.8 Å². The summed E-state index contributed by atoms with van der Waals surface area (Å²) in [5.74, 6) is -1.10. The van der Waals surface area contributed by atoms with E-state index in [0.717, 1.165) is 5.56 Å². The summed E-state index contributed by atoms with van der Waals surface area (Å²) < 4.78 is 0. The molecular formula is C11H12N2O2. The molecule has 1 rings (SSSR count). The molecule has 0 aliphatic heterocycles. The number of carboxylic acids is 1. The molecule has 0 aliphatic rings. The molecule has 0 fully saturated rings. The fraction of sp³-hybridized carbons (Fsp3) is 0.273. The molecule has 0 saturated heterocycles. The molecule has 1 aromatic carbocycles. The van der Waals surface area contributed by atoms with E-state index in [2.05, 4.69) is 0 Å². The van der Waals surface area contributed by atoms with Gasteiger partial charge in [0.2, 0.25) is 0 Å². The fourth-order valence-electron chi connectivity index (χ4n) is 1.59. The molecule has 0 spiro atoms. The third-order valence-corrected chi connectivity index (χ3v) is 2.33. The van der Waals surface area contributed by atoms with Crippen molar-refractivity contribution in [1.82, 2.24) is 0 Å². The van der Waals surface area contributed by atoms with Crippen LogP contribution in [0.1, 0.15) is 34.0 Å². The number of nitrogens with two attached hydrogens (primary N) is 1. The third kappa shape index (κ3) is 1.97. The van der Waals surface area contributed by atoms with Crippen LogP contribution in [0.5, 0.6) is 0 Å². The number of benzene rings is 1. The highest BCUT2D eigenvalue weighted by atomic mass is 16.4. The summed E-state index contributed by atoms with van der Waals surface area (Å²) in [5.41, 5.74) is 7.17. The summed E-state index contributed by atoms with van der Waals surface area (Å²) >= 11 is 0. The van der Waals surface area contributed by atoms with Gasteiger partial charge in [-0.3, -0.25) is 0 Å². The SMILES string of the molecule is CCc1ccc(C#N)c(C(=O)O)c1CN. The average molecular weight is 204 g/mol. The number of aryl methyl sites for hydroxylation is 1. The monoisotopic (exact) mass is 204 g/mol. The maximum Gasteiger partial charge on any atom is 0.337 e. The summed E-state index contributed by atoms with van der Waals surface area (Å²) in [6.45, 7) is 2.06. The van der Waals surface area contributed by atoms with Crippen LogP contribution in [0.25, 0.3) is 0 Å². The molecule has 3 N–H and O–H groups in total. The molecule has 0 radical (unpaired) electrons. The molecule has 0 atom stereocenters. The van der Waals surface area contributed by atoms with Crippen molar-refractivity contribution in [2.45, 2.75) is 19.9 Å². The van der Waals surface area contributed by atoms with Crippen LogP contribution in [-0.4, -0.2) is 11.1 Å². The molecule has 0 heterocycles. The third-order valence-electron chi connectivity index (χ3n) is 2.33. The maximum absolute atomic E-state index is 11.0. The zero-order valence-corrected chi connectivity index (χ0v) is 8.45. The smallest absolute Gasteiger partial charge is 0.337 e. The summed E-state index contributed by atoms with van der Waals surface area (Å²) in [7, 11) is 0. The van der Waals surface area contributed by atoms with Gasteiger partial charge in [0.25, 0.3) is 0 Å². The normalized spacial score (nSPS) is 9.67. The van der Waals surface area contributed by atoms with Gasteiger partial charge in [0.15, 0.2) is 0 Å². The summed E-state index contributed by atoms with van der Waals surface area (Å²) in [5, 5.41) is 17.8. The number of carboxylic acid groups (broad SMARTS) is 1. The second-order valence-electron chi connectivity index (χ2n) is 3.10. The first-order chi connectivity index (χ1) is 7.15. The van der Waals surface area contributed by atoms with Gasteiger partial charge in [-0.2, -0.15) is 5.26 Å². The quantitative estimate of drug-likeness (QED) is 0.776. The van der Waals surface area contributed by atoms with Crippen molar-refractivity contribution in [2.24, 2.45) is 5.73 Å². The largest absolute Gasteiger partial charge is 0.478 e. The lowest BCUT2D eigenvalue weighted by atomic mass is 9.95. The first kappa shape index (κ1) is 11.2. The first-order valence-corrected chi connectivity index (χ1v) is 4.63. The number of rotatable bonds is 3. The highest BCUT2D eigenvalue weighted by Gasteiger charge is 2.17. The van der Waals surface area contributed by atoms with Crippen LogP contribution >= 0.6 is 0 Å². The average Bonchev–Trinajstić information content (AvgIpc) is 2.26. The van der Waals surface area contributed by atoms with Crippen molar-refractivity contribution in [3.8, 4) is 6.07 Å². The zero-order valence-electron chi connectivity index (χ0n) is 8.45. The van der Waals surface area contributed by atoms with Gasteiger partial charge in [-0.05, 0) is 23.6 Å². The highest BCUT2D eigenvalue weighted by molar-refractivity contribution is 5.92. The molecule has 4 heteroatoms. The fourth-order valence-corrected chi connectivity index (χ4v) is 1.59. The van der Waals surface area contributed by atoms with Gasteiger partial charge in [0.1, 0.15) is 6.07 Å². The molecule has 78 valence electrons. The Hall–Kier alpha value is -1.86. The molecule has 15 heavy (non-hydrogen) atoms. The van der Waals surface area contributed by atoms with E-state index in [4.69, 9.17) is 16.1 Å². The standard InChI is InChI=1S/C11H12N2O2/c1-2-7-3-4-8(5-12)10(11(14)15)9(7)6-13/h3-4H,2,6,13H2,1H3,(H,14,15). The highest BCUT2D eigenvalue weighted by Crippen LogP contribution is 2.19. The van der Waals surface area contributed by atoms with Crippen molar-refractivity contribution in [3.63, 3.8) is 0 Å². The second kappa shape index (κ2) is 4.58. The minimum absolute atomic E-state index is 0.0411. The number of hydrogen-bond acceptors (Lipinski definition) is 3. The Morgan fingerprint density at radius 1 is 1.60 bits per heavy atom. The van der Waals surface area contributed by atoms with Crippen LogP contribution in [0, 0.1) is 11.3 Å². The maximum atomic E-state index is 11.0. The predicted molar refractivity (Wildman–Crippen MR) is 55.4 cm³/mol. The van der Waals surface area contributed by atoms with Gasteiger partial charge in [-0.1, -0.05) is 13.0 Å². The topological polar surface area (TPSA) is 87.1 Å². The number of nitriles is 1. The Balaban J connectivity index is 3.53. The second-order valence-corrected chi connectivity index (χ2v) is 3.10. The molecular weight excluding hydrogens is 192 g/mol. The van der Waals surface area contributed by atoms with E-state index in [1.807, 2.05) is 13.0 Å². The lowest BCUT2D eigenvalue weighted by Gasteiger charge is -2.10. The Morgan fingerprint density at radius 3 is 2.67 bits per heavy atom. The number of hydrogen-bond donors (Lipinski definition) is 2. The Bertz CT molecular complexity index is 433. The van der Waals surface area contributed by atoms with E-state index >= 15 is 0 Å². The van der Waals surface area contributed by atoms with Crippen LogP contribution in [0.4, 0.5) is 0 Å². The van der Waals surface area contributed by atoms with Crippen LogP contribution in [0.15, 0.2) is 12.1 Å². The minimum atomic E-state index is -1.10. The van der Waals surface area contributed by atoms with E-state index in [9.17, 15) is 4.79 Å². The summed E-state index contributed by atoms with van der Waals surface area (Å²) in [4.78, 5) is 11.0. The van der Waals surface area contributed by atoms with Gasteiger partial charge in [-0.25, -0.2) is 4.79 Å². The Morgan fingerprint density at radius 2 is 2.27 bits per heavy atom. The molecule has 0 saturated carbocycles. The van der Waals surface area contributed by atoms with Gasteiger partial charge in [0.05, 0.1) is 11.1 Å². The molecule has 0 aliphatic carbocycles. The lowest BCUT2D eigenvalue weighted by molar-refractivity contribution is 0.0695. The van der Waals surface area contributed by atoms with Crippen molar-refractivity contribution in [1.29, 1.82) is 5.26 Å². The lowest BCUT2D eigenvalue weighted by Crippen LogP contribution is -2.12. The molecule has 0 aromatic heterocycles. The van der Waals surface area contributed by atoms with E-state index in [1.54, 1.807) is 6.07 Å². The van der Waals surface area contributed by atoms with E-state index in [-0.39, 0.29) is 17.7 Å². The van der Waals surface area contributed by atoms with Crippen molar-refractivity contribution in [3.05, 3.63) is 34.4 Å². The molecule has 0 bridgehead atoms. The molecule has 0 amide bonds. The number of nitrogens with zero attached hydrogens (tertiary/aromatic N) is 1. The van der Waals surface area contributed by atoms with Gasteiger partial charge in [0, 0.05) is 6.54 Å². The Kier molecular flexibility index (Phi) is 3.42. The van der Waals surface area contributed by atoms with Crippen LogP contribution in [-0.2, 0) is 13.0 Å². The van der Waals surface area contributed by atoms with Crippen LogP contribution in [0.2, 0.25) is 0 Å². The van der Waals surface area contributed by atoms with Crippen molar-refractivity contribution < 1.29 is 9.90 Å². The number of carbonyl (C=O) groups is 1. The number of aromatic carboxylic acids is 1. The summed E-state index contributed by atoms with van der Waals surface area (Å²) in [6.07, 6.45) is 0.707. The van der Waals surface area contributed by atoms with E-state index in [0.29, 0.717) is 12.0 Å². The van der Waals surface area contributed by atoms with E-state index in [1.165, 1.54) is 6.07 Å². The van der Waals surface area contributed by atoms with Gasteiger partial charge >= 0.3 is 5.97 Å². The molecule has 1 aromatic rings. The minimum Gasteiger partial charge on any atom is -0.478 e. The molecule has 0 unspecified atom stereocenters. The first-order valence-electron chi connectivity index (χ1n) is 4.63.